The zero-order valence-corrected chi connectivity index (χ0v) is 5.48. The van der Waals surface area contributed by atoms with E-state index in [1.54, 1.807) is 0 Å². The number of allylic oxidation sites excluding steroid dienone is 1. The second-order valence-electron chi connectivity index (χ2n) is 1.72. The minimum atomic E-state index is -0.186. The topological polar surface area (TPSA) is 20.2 Å². The molecule has 2 heteroatoms. The lowest BCUT2D eigenvalue weighted by Gasteiger charge is -1.89. The van der Waals surface area contributed by atoms with Crippen molar-refractivity contribution >= 4 is 15.9 Å². The maximum Gasteiger partial charge on any atom is 0.0734 e. The first-order valence-corrected chi connectivity index (χ1v) is 3.12. The monoisotopic (exact) mass is 162 g/mol. The molecule has 1 aliphatic carbocycles. The van der Waals surface area contributed by atoms with Crippen LogP contribution in [-0.2, 0) is 0 Å². The van der Waals surface area contributed by atoms with Crippen molar-refractivity contribution in [3.63, 3.8) is 0 Å². The van der Waals surface area contributed by atoms with Crippen molar-refractivity contribution in [2.75, 3.05) is 0 Å². The molecule has 0 aliphatic heterocycles. The second-order valence-corrected chi connectivity index (χ2v) is 2.74. The van der Waals surface area contributed by atoms with Gasteiger partial charge in [-0.1, -0.05) is 15.9 Å². The highest BCUT2D eigenvalue weighted by atomic mass is 79.9. The average Bonchev–Trinajstić information content (AvgIpc) is 1.87. The summed E-state index contributed by atoms with van der Waals surface area (Å²) in [5, 5.41) is 8.79. The Morgan fingerprint density at radius 1 is 1.86 bits per heavy atom. The summed E-state index contributed by atoms with van der Waals surface area (Å²) in [7, 11) is 0. The molecule has 0 bridgehead atoms. The molecule has 0 fully saturated rings. The van der Waals surface area contributed by atoms with Crippen molar-refractivity contribution in [2.24, 2.45) is 0 Å². The van der Waals surface area contributed by atoms with Crippen molar-refractivity contribution < 1.29 is 5.11 Å². The molecule has 0 saturated heterocycles. The highest BCUT2D eigenvalue weighted by Crippen LogP contribution is 2.22. The van der Waals surface area contributed by atoms with Crippen molar-refractivity contribution in [2.45, 2.75) is 18.9 Å². The summed E-state index contributed by atoms with van der Waals surface area (Å²) in [6.07, 6.45) is 3.54. The van der Waals surface area contributed by atoms with E-state index in [9.17, 15) is 0 Å². The van der Waals surface area contributed by atoms with Gasteiger partial charge in [-0.2, -0.15) is 0 Å². The molecule has 1 rings (SSSR count). The maximum absolute atomic E-state index is 8.79. The standard InChI is InChI=1S/C5H7BrO/c6-4-1-2-5(7)3-4/h3,5,7H,1-2H2/t5-/m1/s1. The van der Waals surface area contributed by atoms with E-state index in [1.165, 1.54) is 0 Å². The van der Waals surface area contributed by atoms with Gasteiger partial charge < -0.3 is 5.11 Å². The first kappa shape index (κ1) is 5.32. The van der Waals surface area contributed by atoms with Gasteiger partial charge in [-0.3, -0.25) is 0 Å². The van der Waals surface area contributed by atoms with Crippen LogP contribution in [0.15, 0.2) is 10.6 Å². The molecule has 0 aromatic rings. The molecule has 1 aliphatic rings. The molecule has 0 saturated carbocycles. The van der Waals surface area contributed by atoms with E-state index in [-0.39, 0.29) is 6.10 Å². The van der Waals surface area contributed by atoms with Crippen LogP contribution in [0.5, 0.6) is 0 Å². The molecule has 0 aromatic heterocycles. The van der Waals surface area contributed by atoms with Crippen LogP contribution in [0.25, 0.3) is 0 Å². The Morgan fingerprint density at radius 2 is 2.57 bits per heavy atom. The summed E-state index contributed by atoms with van der Waals surface area (Å²) in [4.78, 5) is 0. The molecular formula is C5H7BrO. The fraction of sp³-hybridized carbons (Fsp3) is 0.600. The minimum Gasteiger partial charge on any atom is -0.389 e. The Kier molecular flexibility index (Phi) is 1.50. The Hall–Kier alpha value is 0.180. The first-order valence-electron chi connectivity index (χ1n) is 2.33. The highest BCUT2D eigenvalue weighted by molar-refractivity contribution is 9.11. The zero-order chi connectivity index (χ0) is 5.28. The van der Waals surface area contributed by atoms with Gasteiger partial charge in [0, 0.05) is 0 Å². The van der Waals surface area contributed by atoms with Crippen LogP contribution in [0.4, 0.5) is 0 Å². The summed E-state index contributed by atoms with van der Waals surface area (Å²) in [5.74, 6) is 0. The molecule has 0 radical (unpaired) electrons. The molecule has 1 atom stereocenters. The fourth-order valence-electron chi connectivity index (χ4n) is 0.661. The van der Waals surface area contributed by atoms with E-state index in [2.05, 4.69) is 15.9 Å². The molecule has 0 unspecified atom stereocenters. The van der Waals surface area contributed by atoms with Gasteiger partial charge >= 0.3 is 0 Å². The molecule has 0 heterocycles. The lowest BCUT2D eigenvalue weighted by molar-refractivity contribution is 0.223. The lowest BCUT2D eigenvalue weighted by atomic mass is 10.3. The third-order valence-electron chi connectivity index (χ3n) is 1.05. The molecule has 0 spiro atoms. The molecule has 0 aromatic carbocycles. The van der Waals surface area contributed by atoms with Crippen LogP contribution in [0.2, 0.25) is 0 Å². The van der Waals surface area contributed by atoms with Gasteiger partial charge in [-0.25, -0.2) is 0 Å². The van der Waals surface area contributed by atoms with Gasteiger partial charge in [0.15, 0.2) is 0 Å². The normalized spacial score (nSPS) is 30.6. The molecular weight excluding hydrogens is 156 g/mol. The highest BCUT2D eigenvalue weighted by Gasteiger charge is 2.08. The molecule has 7 heavy (non-hydrogen) atoms. The van der Waals surface area contributed by atoms with Gasteiger partial charge in [0.05, 0.1) is 6.10 Å². The summed E-state index contributed by atoms with van der Waals surface area (Å²) in [6.45, 7) is 0. The molecule has 0 amide bonds. The van der Waals surface area contributed by atoms with Crippen LogP contribution >= 0.6 is 15.9 Å². The van der Waals surface area contributed by atoms with Gasteiger partial charge in [0.1, 0.15) is 0 Å². The third-order valence-corrected chi connectivity index (χ3v) is 1.71. The summed E-state index contributed by atoms with van der Waals surface area (Å²) >= 11 is 3.28. The maximum atomic E-state index is 8.79. The first-order chi connectivity index (χ1) is 3.29. The Morgan fingerprint density at radius 3 is 2.71 bits per heavy atom. The predicted octanol–water partition coefficient (Wildman–Crippen LogP) is 1.42. The third kappa shape index (κ3) is 1.28. The molecule has 40 valence electrons. The van der Waals surface area contributed by atoms with Crippen LogP contribution in [0, 0.1) is 0 Å². The Balaban J connectivity index is 2.50. The van der Waals surface area contributed by atoms with E-state index in [1.807, 2.05) is 6.08 Å². The van der Waals surface area contributed by atoms with Crippen molar-refractivity contribution in [3.8, 4) is 0 Å². The van der Waals surface area contributed by atoms with E-state index in [0.717, 1.165) is 17.3 Å². The van der Waals surface area contributed by atoms with E-state index in [4.69, 9.17) is 5.11 Å². The molecule has 1 nitrogen and oxygen atoms in total. The van der Waals surface area contributed by atoms with Crippen LogP contribution < -0.4 is 0 Å². The van der Waals surface area contributed by atoms with Crippen molar-refractivity contribution in [1.29, 1.82) is 0 Å². The number of rotatable bonds is 0. The van der Waals surface area contributed by atoms with Gasteiger partial charge in [0.25, 0.3) is 0 Å². The molecule has 1 N–H and O–H groups in total. The number of aliphatic hydroxyl groups excluding tert-OH is 1. The van der Waals surface area contributed by atoms with Gasteiger partial charge in [-0.15, -0.1) is 0 Å². The number of hydrogen-bond donors (Lipinski definition) is 1. The number of aliphatic hydroxyl groups is 1. The number of halogens is 1. The SMILES string of the molecule is O[C@H]1C=C(Br)CC1. The van der Waals surface area contributed by atoms with Gasteiger partial charge in [-0.05, 0) is 23.4 Å². The minimum absolute atomic E-state index is 0.186. The van der Waals surface area contributed by atoms with E-state index >= 15 is 0 Å². The van der Waals surface area contributed by atoms with Crippen molar-refractivity contribution in [1.82, 2.24) is 0 Å². The quantitative estimate of drug-likeness (QED) is 0.572. The van der Waals surface area contributed by atoms with E-state index in [0.29, 0.717) is 0 Å². The summed E-state index contributed by atoms with van der Waals surface area (Å²) < 4.78 is 1.14. The van der Waals surface area contributed by atoms with Gasteiger partial charge in [0.2, 0.25) is 0 Å². The van der Waals surface area contributed by atoms with E-state index < -0.39 is 0 Å². The summed E-state index contributed by atoms with van der Waals surface area (Å²) in [5.41, 5.74) is 0. The van der Waals surface area contributed by atoms with Crippen LogP contribution in [-0.4, -0.2) is 11.2 Å². The lowest BCUT2D eigenvalue weighted by Crippen LogP contribution is -1.93. The number of hydrogen-bond acceptors (Lipinski definition) is 1. The van der Waals surface area contributed by atoms with Crippen LogP contribution in [0.3, 0.4) is 0 Å². The summed E-state index contributed by atoms with van der Waals surface area (Å²) in [6, 6.07) is 0. The van der Waals surface area contributed by atoms with Crippen molar-refractivity contribution in [3.05, 3.63) is 10.6 Å². The average molecular weight is 163 g/mol. The second kappa shape index (κ2) is 1.97. The predicted molar refractivity (Wildman–Crippen MR) is 32.3 cm³/mol. The zero-order valence-electron chi connectivity index (χ0n) is 3.89. The largest absolute Gasteiger partial charge is 0.389 e. The fourth-order valence-corrected chi connectivity index (χ4v) is 1.20. The Bertz CT molecular complexity index is 98.3. The smallest absolute Gasteiger partial charge is 0.0734 e. The van der Waals surface area contributed by atoms with Crippen LogP contribution in [0.1, 0.15) is 12.8 Å². The Labute approximate surface area is 51.2 Å².